The molecule has 1 aromatic carbocycles. The lowest BCUT2D eigenvalue weighted by Gasteiger charge is -2.14. The molecular formula is C16H24N6O. The van der Waals surface area contributed by atoms with Crippen LogP contribution >= 0.6 is 0 Å². The zero-order valence-electron chi connectivity index (χ0n) is 14.2. The van der Waals surface area contributed by atoms with Crippen molar-refractivity contribution in [1.82, 2.24) is 15.0 Å². The van der Waals surface area contributed by atoms with E-state index in [1.54, 1.807) is 7.11 Å². The van der Waals surface area contributed by atoms with Crippen molar-refractivity contribution in [1.29, 1.82) is 0 Å². The molecule has 0 atom stereocenters. The SMILES string of the molecule is COc1cccc(Nc2nc(NC(C)C)nc(NC(C)C)n2)c1. The number of methoxy groups -OCH3 is 1. The molecule has 124 valence electrons. The maximum absolute atomic E-state index is 5.23. The Hall–Kier alpha value is -2.57. The largest absolute Gasteiger partial charge is 0.497 e. The monoisotopic (exact) mass is 316 g/mol. The first kappa shape index (κ1) is 16.8. The van der Waals surface area contributed by atoms with Crippen LogP contribution in [-0.4, -0.2) is 34.1 Å². The molecule has 0 aliphatic carbocycles. The minimum absolute atomic E-state index is 0.231. The van der Waals surface area contributed by atoms with Crippen LogP contribution in [0, 0.1) is 0 Å². The summed E-state index contributed by atoms with van der Waals surface area (Å²) in [5, 5.41) is 9.58. The summed E-state index contributed by atoms with van der Waals surface area (Å²) in [5.41, 5.74) is 0.849. The molecule has 3 N–H and O–H groups in total. The van der Waals surface area contributed by atoms with Gasteiger partial charge in [-0.05, 0) is 39.8 Å². The van der Waals surface area contributed by atoms with E-state index in [2.05, 4.69) is 30.9 Å². The van der Waals surface area contributed by atoms with Gasteiger partial charge in [0.05, 0.1) is 7.11 Å². The van der Waals surface area contributed by atoms with Gasteiger partial charge in [-0.3, -0.25) is 0 Å². The molecule has 0 fully saturated rings. The minimum atomic E-state index is 0.231. The molecule has 0 bridgehead atoms. The third-order valence-corrected chi connectivity index (χ3v) is 2.80. The molecule has 7 nitrogen and oxygen atoms in total. The van der Waals surface area contributed by atoms with Gasteiger partial charge in [0.25, 0.3) is 0 Å². The normalized spacial score (nSPS) is 10.7. The first-order chi connectivity index (χ1) is 11.0. The van der Waals surface area contributed by atoms with Gasteiger partial charge < -0.3 is 20.7 Å². The Morgan fingerprint density at radius 2 is 1.43 bits per heavy atom. The van der Waals surface area contributed by atoms with Crippen molar-refractivity contribution in [2.75, 3.05) is 23.1 Å². The molecule has 23 heavy (non-hydrogen) atoms. The molecule has 0 aliphatic heterocycles. The van der Waals surface area contributed by atoms with Gasteiger partial charge in [-0.25, -0.2) is 0 Å². The number of nitrogens with one attached hydrogen (secondary N) is 3. The van der Waals surface area contributed by atoms with Crippen molar-refractivity contribution in [3.05, 3.63) is 24.3 Å². The van der Waals surface area contributed by atoms with E-state index < -0.39 is 0 Å². The first-order valence-electron chi connectivity index (χ1n) is 7.66. The lowest BCUT2D eigenvalue weighted by atomic mass is 10.3. The van der Waals surface area contributed by atoms with Crippen molar-refractivity contribution >= 4 is 23.5 Å². The van der Waals surface area contributed by atoms with Crippen LogP contribution < -0.4 is 20.7 Å². The number of ether oxygens (including phenoxy) is 1. The smallest absolute Gasteiger partial charge is 0.233 e. The number of benzene rings is 1. The minimum Gasteiger partial charge on any atom is -0.497 e. The summed E-state index contributed by atoms with van der Waals surface area (Å²) in [7, 11) is 1.64. The van der Waals surface area contributed by atoms with Crippen LogP contribution in [-0.2, 0) is 0 Å². The van der Waals surface area contributed by atoms with E-state index in [0.717, 1.165) is 11.4 Å². The van der Waals surface area contributed by atoms with Crippen molar-refractivity contribution < 1.29 is 4.74 Å². The van der Waals surface area contributed by atoms with Crippen LogP contribution in [0.3, 0.4) is 0 Å². The molecule has 0 saturated heterocycles. The fourth-order valence-electron chi connectivity index (χ4n) is 1.91. The van der Waals surface area contributed by atoms with Crippen LogP contribution in [0.15, 0.2) is 24.3 Å². The Balaban J connectivity index is 2.27. The second-order valence-corrected chi connectivity index (χ2v) is 5.76. The Labute approximate surface area is 136 Å². The Bertz CT molecular complexity index is 616. The van der Waals surface area contributed by atoms with Crippen LogP contribution in [0.1, 0.15) is 27.7 Å². The van der Waals surface area contributed by atoms with Crippen LogP contribution in [0.4, 0.5) is 23.5 Å². The molecular weight excluding hydrogens is 292 g/mol. The fraction of sp³-hybridized carbons (Fsp3) is 0.438. The highest BCUT2D eigenvalue weighted by Gasteiger charge is 2.09. The summed E-state index contributed by atoms with van der Waals surface area (Å²) >= 11 is 0. The number of aromatic nitrogens is 3. The summed E-state index contributed by atoms with van der Waals surface area (Å²) in [6.45, 7) is 8.14. The van der Waals surface area contributed by atoms with E-state index in [1.807, 2.05) is 52.0 Å². The van der Waals surface area contributed by atoms with E-state index in [-0.39, 0.29) is 12.1 Å². The summed E-state index contributed by atoms with van der Waals surface area (Å²) < 4.78 is 5.23. The number of nitrogens with zero attached hydrogens (tertiary/aromatic N) is 3. The maximum atomic E-state index is 5.23. The van der Waals surface area contributed by atoms with Crippen molar-refractivity contribution in [3.63, 3.8) is 0 Å². The Morgan fingerprint density at radius 1 is 0.870 bits per heavy atom. The number of rotatable bonds is 7. The van der Waals surface area contributed by atoms with E-state index >= 15 is 0 Å². The topological polar surface area (TPSA) is 84.0 Å². The van der Waals surface area contributed by atoms with Crippen molar-refractivity contribution in [2.45, 2.75) is 39.8 Å². The highest BCUT2D eigenvalue weighted by Crippen LogP contribution is 2.20. The number of hydrogen-bond acceptors (Lipinski definition) is 7. The molecule has 0 unspecified atom stereocenters. The third-order valence-electron chi connectivity index (χ3n) is 2.80. The summed E-state index contributed by atoms with van der Waals surface area (Å²) in [5.74, 6) is 2.30. The second kappa shape index (κ2) is 7.62. The van der Waals surface area contributed by atoms with E-state index in [9.17, 15) is 0 Å². The Morgan fingerprint density at radius 3 is 1.96 bits per heavy atom. The van der Waals surface area contributed by atoms with Crippen LogP contribution in [0.2, 0.25) is 0 Å². The van der Waals surface area contributed by atoms with Gasteiger partial charge in [0.1, 0.15) is 5.75 Å². The molecule has 2 aromatic rings. The van der Waals surface area contributed by atoms with E-state index in [1.165, 1.54) is 0 Å². The van der Waals surface area contributed by atoms with E-state index in [0.29, 0.717) is 17.8 Å². The lowest BCUT2D eigenvalue weighted by Crippen LogP contribution is -2.18. The maximum Gasteiger partial charge on any atom is 0.233 e. The highest BCUT2D eigenvalue weighted by atomic mass is 16.5. The summed E-state index contributed by atoms with van der Waals surface area (Å²) in [4.78, 5) is 13.2. The van der Waals surface area contributed by atoms with Gasteiger partial charge in [0.15, 0.2) is 0 Å². The van der Waals surface area contributed by atoms with Gasteiger partial charge in [0.2, 0.25) is 17.8 Å². The number of anilines is 4. The molecule has 0 spiro atoms. The predicted molar refractivity (Wildman–Crippen MR) is 93.6 cm³/mol. The quantitative estimate of drug-likeness (QED) is 0.723. The molecule has 0 amide bonds. The zero-order chi connectivity index (χ0) is 16.8. The van der Waals surface area contributed by atoms with Crippen LogP contribution in [0.25, 0.3) is 0 Å². The molecule has 7 heteroatoms. The van der Waals surface area contributed by atoms with Gasteiger partial charge in [0, 0.05) is 23.8 Å². The van der Waals surface area contributed by atoms with E-state index in [4.69, 9.17) is 4.74 Å². The van der Waals surface area contributed by atoms with Crippen molar-refractivity contribution in [3.8, 4) is 5.75 Å². The van der Waals surface area contributed by atoms with Crippen LogP contribution in [0.5, 0.6) is 5.75 Å². The summed E-state index contributed by atoms with van der Waals surface area (Å²) in [6.07, 6.45) is 0. The molecule has 1 heterocycles. The van der Waals surface area contributed by atoms with Crippen molar-refractivity contribution in [2.24, 2.45) is 0 Å². The molecule has 0 aliphatic rings. The highest BCUT2D eigenvalue weighted by molar-refractivity contribution is 5.57. The first-order valence-corrected chi connectivity index (χ1v) is 7.66. The molecule has 2 rings (SSSR count). The standard InChI is InChI=1S/C16H24N6O/c1-10(2)17-14-20-15(18-11(3)4)22-16(21-14)19-12-7-6-8-13(9-12)23-5/h6-11H,1-5H3,(H3,17,18,19,20,21,22). The number of hydrogen-bond donors (Lipinski definition) is 3. The van der Waals surface area contributed by atoms with Gasteiger partial charge in [-0.1, -0.05) is 6.07 Å². The van der Waals surface area contributed by atoms with Gasteiger partial charge in [-0.2, -0.15) is 15.0 Å². The molecule has 1 aromatic heterocycles. The third kappa shape index (κ3) is 5.28. The predicted octanol–water partition coefficient (Wildman–Crippen LogP) is 3.26. The lowest BCUT2D eigenvalue weighted by molar-refractivity contribution is 0.415. The van der Waals surface area contributed by atoms with Gasteiger partial charge in [-0.15, -0.1) is 0 Å². The summed E-state index contributed by atoms with van der Waals surface area (Å²) in [6, 6.07) is 8.06. The second-order valence-electron chi connectivity index (χ2n) is 5.76. The average Bonchev–Trinajstić information content (AvgIpc) is 2.45. The fourth-order valence-corrected chi connectivity index (χ4v) is 1.91. The average molecular weight is 316 g/mol. The molecule has 0 saturated carbocycles. The molecule has 0 radical (unpaired) electrons. The zero-order valence-corrected chi connectivity index (χ0v) is 14.2. The van der Waals surface area contributed by atoms with Gasteiger partial charge >= 0.3 is 0 Å². The Kier molecular flexibility index (Phi) is 5.56.